The Hall–Kier alpha value is -2.89. The minimum Gasteiger partial charge on any atom is -0.371 e. The van der Waals surface area contributed by atoms with Gasteiger partial charge in [-0.05, 0) is 87.8 Å². The van der Waals surface area contributed by atoms with Gasteiger partial charge in [-0.3, -0.25) is 14.6 Å². The lowest BCUT2D eigenvalue weighted by Crippen LogP contribution is -2.45. The number of fused-ring (bicyclic) bond motifs is 1. The highest BCUT2D eigenvalue weighted by atomic mass is 16.2. The van der Waals surface area contributed by atoms with Crippen LogP contribution in [0.3, 0.4) is 0 Å². The maximum atomic E-state index is 13.4. The van der Waals surface area contributed by atoms with Crippen molar-refractivity contribution in [3.8, 4) is 0 Å². The SMILES string of the molecule is Cc1cc(N2CCC(N(C)C(=O)c3ccc4c(c3)C(N(C)C(=O)C3CC3)CC4)CC2)cc(C)n1. The highest BCUT2D eigenvalue weighted by Gasteiger charge is 2.37. The maximum absolute atomic E-state index is 13.4. The van der Waals surface area contributed by atoms with Crippen LogP contribution >= 0.6 is 0 Å². The fraction of sp³-hybridized carbons (Fsp3) is 0.536. The first-order valence-corrected chi connectivity index (χ1v) is 12.7. The molecule has 34 heavy (non-hydrogen) atoms. The van der Waals surface area contributed by atoms with Crippen molar-refractivity contribution < 1.29 is 9.59 Å². The second kappa shape index (κ2) is 9.05. The number of rotatable bonds is 5. The quantitative estimate of drug-likeness (QED) is 0.668. The molecule has 1 atom stereocenters. The molecule has 2 aromatic rings. The number of amides is 2. The fourth-order valence-electron chi connectivity index (χ4n) is 5.76. The fourth-order valence-corrected chi connectivity index (χ4v) is 5.76. The third-order valence-corrected chi connectivity index (χ3v) is 7.94. The number of pyridine rings is 1. The highest BCUT2D eigenvalue weighted by Crippen LogP contribution is 2.39. The molecule has 5 rings (SSSR count). The van der Waals surface area contributed by atoms with Crippen molar-refractivity contribution in [3.05, 3.63) is 58.4 Å². The predicted molar refractivity (Wildman–Crippen MR) is 134 cm³/mol. The van der Waals surface area contributed by atoms with Gasteiger partial charge in [0.15, 0.2) is 0 Å². The Morgan fingerprint density at radius 2 is 1.59 bits per heavy atom. The van der Waals surface area contributed by atoms with Gasteiger partial charge in [-0.15, -0.1) is 0 Å². The number of carbonyl (C=O) groups is 2. The van der Waals surface area contributed by atoms with E-state index in [2.05, 4.69) is 34.1 Å². The van der Waals surface area contributed by atoms with Crippen molar-refractivity contribution >= 4 is 17.5 Å². The van der Waals surface area contributed by atoms with Crippen LogP contribution in [0.25, 0.3) is 0 Å². The number of aryl methyl sites for hydroxylation is 3. The van der Waals surface area contributed by atoms with Crippen molar-refractivity contribution in [2.45, 2.75) is 64.5 Å². The van der Waals surface area contributed by atoms with E-state index in [1.54, 1.807) is 0 Å². The number of hydrogen-bond acceptors (Lipinski definition) is 4. The number of anilines is 1. The molecule has 1 aromatic heterocycles. The summed E-state index contributed by atoms with van der Waals surface area (Å²) in [5.74, 6) is 0.563. The van der Waals surface area contributed by atoms with Crippen LogP contribution in [0, 0.1) is 19.8 Å². The first kappa shape index (κ1) is 22.9. The maximum Gasteiger partial charge on any atom is 0.253 e. The molecule has 6 nitrogen and oxygen atoms in total. The van der Waals surface area contributed by atoms with E-state index in [1.807, 2.05) is 43.8 Å². The van der Waals surface area contributed by atoms with Gasteiger partial charge in [-0.1, -0.05) is 6.07 Å². The average Bonchev–Trinajstić information content (AvgIpc) is 3.60. The van der Waals surface area contributed by atoms with Crippen LogP contribution in [0.2, 0.25) is 0 Å². The minimum absolute atomic E-state index is 0.0821. The molecule has 6 heteroatoms. The molecule has 2 heterocycles. The normalized spacial score (nSPS) is 20.2. The Kier molecular flexibility index (Phi) is 6.09. The van der Waals surface area contributed by atoms with Crippen molar-refractivity contribution in [2.75, 3.05) is 32.1 Å². The van der Waals surface area contributed by atoms with Gasteiger partial charge in [0.05, 0.1) is 6.04 Å². The molecule has 1 aromatic carbocycles. The Bertz CT molecular complexity index is 1080. The molecule has 3 aliphatic rings. The molecule has 2 amide bonds. The lowest BCUT2D eigenvalue weighted by molar-refractivity contribution is -0.133. The van der Waals surface area contributed by atoms with E-state index >= 15 is 0 Å². The van der Waals surface area contributed by atoms with Crippen LogP contribution in [0.5, 0.6) is 0 Å². The largest absolute Gasteiger partial charge is 0.371 e. The van der Waals surface area contributed by atoms with Gasteiger partial charge in [0.1, 0.15) is 0 Å². The van der Waals surface area contributed by atoms with Crippen LogP contribution in [0.15, 0.2) is 30.3 Å². The first-order valence-electron chi connectivity index (χ1n) is 12.7. The van der Waals surface area contributed by atoms with Gasteiger partial charge < -0.3 is 14.7 Å². The summed E-state index contributed by atoms with van der Waals surface area (Å²) in [5.41, 5.74) is 6.49. The topological polar surface area (TPSA) is 56.8 Å². The van der Waals surface area contributed by atoms with Gasteiger partial charge in [0.25, 0.3) is 5.91 Å². The van der Waals surface area contributed by atoms with E-state index in [4.69, 9.17) is 0 Å². The summed E-state index contributed by atoms with van der Waals surface area (Å²) in [4.78, 5) is 36.8. The Morgan fingerprint density at radius 1 is 0.912 bits per heavy atom. The molecule has 0 N–H and O–H groups in total. The summed E-state index contributed by atoms with van der Waals surface area (Å²) in [6, 6.07) is 10.7. The number of aromatic nitrogens is 1. The number of carbonyl (C=O) groups excluding carboxylic acids is 2. The number of benzene rings is 1. The zero-order valence-electron chi connectivity index (χ0n) is 20.9. The van der Waals surface area contributed by atoms with Crippen molar-refractivity contribution in [2.24, 2.45) is 5.92 Å². The summed E-state index contributed by atoms with van der Waals surface area (Å²) in [6.07, 6.45) is 5.86. The Morgan fingerprint density at radius 3 is 2.24 bits per heavy atom. The second-order valence-electron chi connectivity index (χ2n) is 10.4. The molecule has 2 fully saturated rings. The van der Waals surface area contributed by atoms with E-state index in [0.717, 1.165) is 74.1 Å². The van der Waals surface area contributed by atoms with Crippen LogP contribution < -0.4 is 4.90 Å². The van der Waals surface area contributed by atoms with E-state index in [1.165, 1.54) is 11.3 Å². The number of nitrogens with zero attached hydrogens (tertiary/aromatic N) is 4. The molecular weight excluding hydrogens is 424 g/mol. The monoisotopic (exact) mass is 460 g/mol. The minimum atomic E-state index is 0.0821. The molecule has 1 saturated carbocycles. The molecule has 0 radical (unpaired) electrons. The molecule has 180 valence electrons. The van der Waals surface area contributed by atoms with E-state index in [0.29, 0.717) is 0 Å². The number of piperidine rings is 1. The molecule has 0 bridgehead atoms. The molecule has 0 spiro atoms. The van der Waals surface area contributed by atoms with Gasteiger partial charge >= 0.3 is 0 Å². The second-order valence-corrected chi connectivity index (χ2v) is 10.4. The van der Waals surface area contributed by atoms with Crippen LogP contribution in [0.1, 0.15) is 71.0 Å². The first-order chi connectivity index (χ1) is 16.3. The summed E-state index contributed by atoms with van der Waals surface area (Å²) < 4.78 is 0. The van der Waals surface area contributed by atoms with Crippen molar-refractivity contribution in [1.82, 2.24) is 14.8 Å². The van der Waals surface area contributed by atoms with Crippen molar-refractivity contribution in [3.63, 3.8) is 0 Å². The van der Waals surface area contributed by atoms with Crippen LogP contribution in [-0.4, -0.2) is 59.8 Å². The smallest absolute Gasteiger partial charge is 0.253 e. The zero-order chi connectivity index (χ0) is 24.0. The third kappa shape index (κ3) is 4.42. The summed E-state index contributed by atoms with van der Waals surface area (Å²) >= 11 is 0. The highest BCUT2D eigenvalue weighted by molar-refractivity contribution is 5.94. The number of hydrogen-bond donors (Lipinski definition) is 0. The summed E-state index contributed by atoms with van der Waals surface area (Å²) in [5, 5.41) is 0. The lowest BCUT2D eigenvalue weighted by atomic mass is 9.99. The van der Waals surface area contributed by atoms with Gasteiger partial charge in [0, 0.05) is 61.8 Å². The van der Waals surface area contributed by atoms with Gasteiger partial charge in [-0.2, -0.15) is 0 Å². The zero-order valence-corrected chi connectivity index (χ0v) is 20.9. The lowest BCUT2D eigenvalue weighted by Gasteiger charge is -2.38. The van der Waals surface area contributed by atoms with Crippen LogP contribution in [0.4, 0.5) is 5.69 Å². The molecule has 1 unspecified atom stereocenters. The van der Waals surface area contributed by atoms with Gasteiger partial charge in [0.2, 0.25) is 5.91 Å². The summed E-state index contributed by atoms with van der Waals surface area (Å²) in [6.45, 7) is 5.95. The molecule has 1 saturated heterocycles. The molecule has 2 aliphatic carbocycles. The Labute approximate surface area is 202 Å². The average molecular weight is 461 g/mol. The van der Waals surface area contributed by atoms with Crippen molar-refractivity contribution in [1.29, 1.82) is 0 Å². The van der Waals surface area contributed by atoms with Crippen LogP contribution in [-0.2, 0) is 11.2 Å². The standard InChI is InChI=1S/C28H36N4O2/c1-18-15-24(16-19(2)29-18)32-13-11-23(12-14-32)30(3)28(34)22-8-5-20-9-10-26(25(20)17-22)31(4)27(33)21-6-7-21/h5,8,15-17,21,23,26H,6-7,9-14H2,1-4H3. The van der Waals surface area contributed by atoms with Gasteiger partial charge in [-0.25, -0.2) is 0 Å². The molecule has 1 aliphatic heterocycles. The van der Waals surface area contributed by atoms with E-state index < -0.39 is 0 Å². The van der Waals surface area contributed by atoms with E-state index in [-0.39, 0.29) is 29.8 Å². The predicted octanol–water partition coefficient (Wildman–Crippen LogP) is 4.30. The van der Waals surface area contributed by atoms with E-state index in [9.17, 15) is 9.59 Å². The summed E-state index contributed by atoms with van der Waals surface area (Å²) in [7, 11) is 3.87. The third-order valence-electron chi connectivity index (χ3n) is 7.94. The molecular formula is C28H36N4O2. The Balaban J connectivity index is 1.25.